The van der Waals surface area contributed by atoms with E-state index in [0.29, 0.717) is 12.4 Å². The fraction of sp³-hybridized carbons (Fsp3) is 0.167. The number of halogens is 1. The Morgan fingerprint density at radius 2 is 2.20 bits per heavy atom. The summed E-state index contributed by atoms with van der Waals surface area (Å²) >= 11 is 3.28. The minimum Gasteiger partial charge on any atom is -0.384 e. The molecule has 4 heteroatoms. The highest BCUT2D eigenvalue weighted by atomic mass is 79.9. The SMILES string of the molecule is NCc1cc(Br)cc(N)n1. The first-order chi connectivity index (χ1) is 4.72. The molecule has 1 heterocycles. The number of rotatable bonds is 1. The number of nitrogens with zero attached hydrogens (tertiary/aromatic N) is 1. The number of hydrogen-bond acceptors (Lipinski definition) is 3. The zero-order valence-electron chi connectivity index (χ0n) is 5.34. The lowest BCUT2D eigenvalue weighted by Crippen LogP contribution is -2.01. The van der Waals surface area contributed by atoms with E-state index in [4.69, 9.17) is 11.5 Å². The highest BCUT2D eigenvalue weighted by Crippen LogP contribution is 2.13. The molecule has 0 fully saturated rings. The molecule has 0 aromatic carbocycles. The lowest BCUT2D eigenvalue weighted by Gasteiger charge is -1.98. The molecule has 1 aromatic heterocycles. The maximum absolute atomic E-state index is 5.44. The van der Waals surface area contributed by atoms with E-state index in [1.54, 1.807) is 6.07 Å². The van der Waals surface area contributed by atoms with Crippen LogP contribution < -0.4 is 11.5 Å². The lowest BCUT2D eigenvalue weighted by atomic mass is 10.3. The summed E-state index contributed by atoms with van der Waals surface area (Å²) in [6.07, 6.45) is 0. The number of anilines is 1. The topological polar surface area (TPSA) is 64.9 Å². The summed E-state index contributed by atoms with van der Waals surface area (Å²) in [6, 6.07) is 3.58. The molecule has 1 rings (SSSR count). The van der Waals surface area contributed by atoms with Crippen LogP contribution in [0.3, 0.4) is 0 Å². The quantitative estimate of drug-likeness (QED) is 0.710. The van der Waals surface area contributed by atoms with E-state index < -0.39 is 0 Å². The third-order valence-electron chi connectivity index (χ3n) is 1.07. The Morgan fingerprint density at radius 3 is 2.70 bits per heavy atom. The van der Waals surface area contributed by atoms with Crippen LogP contribution >= 0.6 is 15.9 Å². The lowest BCUT2D eigenvalue weighted by molar-refractivity contribution is 0.992. The molecule has 0 aliphatic carbocycles. The van der Waals surface area contributed by atoms with Crippen molar-refractivity contribution in [3.05, 3.63) is 22.3 Å². The van der Waals surface area contributed by atoms with Crippen LogP contribution in [0, 0.1) is 0 Å². The monoisotopic (exact) mass is 201 g/mol. The fourth-order valence-corrected chi connectivity index (χ4v) is 1.18. The van der Waals surface area contributed by atoms with Crippen molar-refractivity contribution in [2.24, 2.45) is 5.73 Å². The van der Waals surface area contributed by atoms with Crippen molar-refractivity contribution in [2.45, 2.75) is 6.54 Å². The molecule has 0 unspecified atom stereocenters. The second-order valence-electron chi connectivity index (χ2n) is 1.91. The molecule has 0 atom stereocenters. The Morgan fingerprint density at radius 1 is 1.50 bits per heavy atom. The highest BCUT2D eigenvalue weighted by Gasteiger charge is 1.94. The summed E-state index contributed by atoms with van der Waals surface area (Å²) in [6.45, 7) is 0.420. The molecule has 10 heavy (non-hydrogen) atoms. The second-order valence-corrected chi connectivity index (χ2v) is 2.82. The molecule has 1 aromatic rings. The van der Waals surface area contributed by atoms with Gasteiger partial charge in [-0.2, -0.15) is 0 Å². The van der Waals surface area contributed by atoms with E-state index in [0.717, 1.165) is 10.2 Å². The molecule has 0 spiro atoms. The maximum atomic E-state index is 5.44. The van der Waals surface area contributed by atoms with Gasteiger partial charge in [-0.05, 0) is 12.1 Å². The van der Waals surface area contributed by atoms with E-state index >= 15 is 0 Å². The number of nitrogens with two attached hydrogens (primary N) is 2. The molecular formula is C6H8BrN3. The first kappa shape index (κ1) is 7.50. The first-order valence-electron chi connectivity index (χ1n) is 2.84. The van der Waals surface area contributed by atoms with E-state index in [2.05, 4.69) is 20.9 Å². The Hall–Kier alpha value is -0.610. The van der Waals surface area contributed by atoms with Crippen LogP contribution in [-0.4, -0.2) is 4.98 Å². The third-order valence-corrected chi connectivity index (χ3v) is 1.53. The van der Waals surface area contributed by atoms with Gasteiger partial charge in [0.1, 0.15) is 5.82 Å². The van der Waals surface area contributed by atoms with Crippen LogP contribution in [0.2, 0.25) is 0 Å². The summed E-state index contributed by atoms with van der Waals surface area (Å²) in [5.74, 6) is 0.495. The Labute approximate surface area is 67.6 Å². The van der Waals surface area contributed by atoms with Gasteiger partial charge in [0.05, 0.1) is 5.69 Å². The van der Waals surface area contributed by atoms with Gasteiger partial charge in [-0.1, -0.05) is 15.9 Å². The highest BCUT2D eigenvalue weighted by molar-refractivity contribution is 9.10. The molecule has 0 aliphatic rings. The van der Waals surface area contributed by atoms with Crippen LogP contribution in [0.25, 0.3) is 0 Å². The second kappa shape index (κ2) is 2.98. The van der Waals surface area contributed by atoms with Crippen molar-refractivity contribution in [2.75, 3.05) is 5.73 Å². The molecule has 4 N–H and O–H groups in total. The predicted molar refractivity (Wildman–Crippen MR) is 44.2 cm³/mol. The summed E-state index contributed by atoms with van der Waals surface area (Å²) < 4.78 is 0.917. The number of pyridine rings is 1. The van der Waals surface area contributed by atoms with Gasteiger partial charge < -0.3 is 11.5 Å². The van der Waals surface area contributed by atoms with Crippen molar-refractivity contribution >= 4 is 21.7 Å². The Balaban J connectivity index is 3.06. The maximum Gasteiger partial charge on any atom is 0.124 e. The number of aromatic nitrogens is 1. The third kappa shape index (κ3) is 1.68. The van der Waals surface area contributed by atoms with Crippen molar-refractivity contribution in [3.63, 3.8) is 0 Å². The van der Waals surface area contributed by atoms with Crippen LogP contribution in [0.4, 0.5) is 5.82 Å². The van der Waals surface area contributed by atoms with E-state index in [1.165, 1.54) is 0 Å². The average molecular weight is 202 g/mol. The molecular weight excluding hydrogens is 194 g/mol. The summed E-state index contributed by atoms with van der Waals surface area (Å²) in [7, 11) is 0. The minimum atomic E-state index is 0.420. The number of hydrogen-bond donors (Lipinski definition) is 2. The molecule has 0 radical (unpaired) electrons. The predicted octanol–water partition coefficient (Wildman–Crippen LogP) is 0.885. The molecule has 0 saturated carbocycles. The molecule has 0 amide bonds. The van der Waals surface area contributed by atoms with Crippen LogP contribution in [-0.2, 0) is 6.54 Å². The van der Waals surface area contributed by atoms with E-state index in [9.17, 15) is 0 Å². The van der Waals surface area contributed by atoms with Gasteiger partial charge in [-0.3, -0.25) is 0 Å². The van der Waals surface area contributed by atoms with Crippen molar-refractivity contribution in [1.82, 2.24) is 4.98 Å². The first-order valence-corrected chi connectivity index (χ1v) is 3.63. The molecule has 0 bridgehead atoms. The molecule has 0 aliphatic heterocycles. The Bertz CT molecular complexity index is 216. The van der Waals surface area contributed by atoms with Crippen molar-refractivity contribution in [1.29, 1.82) is 0 Å². The van der Waals surface area contributed by atoms with Crippen LogP contribution in [0.1, 0.15) is 5.69 Å². The smallest absolute Gasteiger partial charge is 0.124 e. The van der Waals surface area contributed by atoms with Gasteiger partial charge in [0.25, 0.3) is 0 Å². The van der Waals surface area contributed by atoms with Gasteiger partial charge in [-0.15, -0.1) is 0 Å². The largest absolute Gasteiger partial charge is 0.384 e. The Kier molecular flexibility index (Phi) is 2.24. The molecule has 54 valence electrons. The number of nitrogen functional groups attached to an aromatic ring is 1. The van der Waals surface area contributed by atoms with Crippen molar-refractivity contribution in [3.8, 4) is 0 Å². The summed E-state index contributed by atoms with van der Waals surface area (Å²) in [4.78, 5) is 3.98. The van der Waals surface area contributed by atoms with Gasteiger partial charge in [0.2, 0.25) is 0 Å². The molecule has 0 saturated heterocycles. The summed E-state index contributed by atoms with van der Waals surface area (Å²) in [5, 5.41) is 0. The fourth-order valence-electron chi connectivity index (χ4n) is 0.677. The van der Waals surface area contributed by atoms with E-state index in [1.807, 2.05) is 6.07 Å². The average Bonchev–Trinajstić information content (AvgIpc) is 1.85. The normalized spacial score (nSPS) is 9.80. The van der Waals surface area contributed by atoms with Gasteiger partial charge >= 0.3 is 0 Å². The minimum absolute atomic E-state index is 0.420. The van der Waals surface area contributed by atoms with Gasteiger partial charge in [0, 0.05) is 11.0 Å². The van der Waals surface area contributed by atoms with Crippen LogP contribution in [0.5, 0.6) is 0 Å². The molecule has 3 nitrogen and oxygen atoms in total. The van der Waals surface area contributed by atoms with Gasteiger partial charge in [0.15, 0.2) is 0 Å². The van der Waals surface area contributed by atoms with E-state index in [-0.39, 0.29) is 0 Å². The van der Waals surface area contributed by atoms with Crippen LogP contribution in [0.15, 0.2) is 16.6 Å². The standard InChI is InChI=1S/C6H8BrN3/c7-4-1-5(3-8)10-6(9)2-4/h1-2H,3,8H2,(H2,9,10). The summed E-state index contributed by atoms with van der Waals surface area (Å²) in [5.41, 5.74) is 11.6. The zero-order chi connectivity index (χ0) is 7.56. The van der Waals surface area contributed by atoms with Gasteiger partial charge in [-0.25, -0.2) is 4.98 Å². The zero-order valence-corrected chi connectivity index (χ0v) is 6.93. The van der Waals surface area contributed by atoms with Crippen molar-refractivity contribution < 1.29 is 0 Å².